The molecule has 2 aromatic rings. The second-order valence-corrected chi connectivity index (χ2v) is 4.15. The van der Waals surface area contributed by atoms with Gasteiger partial charge in [-0.3, -0.25) is 10.2 Å². The molecule has 0 aliphatic heterocycles. The molecule has 2 aromatic carbocycles. The number of carbonyl (C=O) groups is 2. The molecule has 4 N–H and O–H groups in total. The maximum Gasteiger partial charge on any atom is 0.341 e. The number of carboxylic acids is 1. The average Bonchev–Trinajstić information content (AvgIpc) is 2.50. The SMILES string of the molecule is NNC(=O)COc1cccc2c(OCC(=O)O)cccc12. The summed E-state index contributed by atoms with van der Waals surface area (Å²) in [7, 11) is 0. The molecule has 21 heavy (non-hydrogen) atoms. The molecule has 0 saturated heterocycles. The van der Waals surface area contributed by atoms with Crippen LogP contribution in [-0.2, 0) is 9.59 Å². The third-order valence-corrected chi connectivity index (χ3v) is 2.71. The maximum atomic E-state index is 11.1. The number of nitrogens with one attached hydrogen (secondary N) is 1. The zero-order valence-corrected chi connectivity index (χ0v) is 11.0. The topological polar surface area (TPSA) is 111 Å². The number of nitrogens with two attached hydrogens (primary N) is 1. The molecule has 7 heteroatoms. The van der Waals surface area contributed by atoms with E-state index >= 15 is 0 Å². The lowest BCUT2D eigenvalue weighted by atomic mass is 10.1. The van der Waals surface area contributed by atoms with Crippen LogP contribution in [0.25, 0.3) is 10.8 Å². The third kappa shape index (κ3) is 3.61. The molecule has 110 valence electrons. The minimum atomic E-state index is -1.06. The van der Waals surface area contributed by atoms with E-state index in [0.717, 1.165) is 0 Å². The maximum absolute atomic E-state index is 11.1. The summed E-state index contributed by atoms with van der Waals surface area (Å²) in [6.07, 6.45) is 0. The van der Waals surface area contributed by atoms with Gasteiger partial charge < -0.3 is 14.6 Å². The Kier molecular flexibility index (Phi) is 4.57. The fourth-order valence-electron chi connectivity index (χ4n) is 1.83. The fourth-order valence-corrected chi connectivity index (χ4v) is 1.83. The van der Waals surface area contributed by atoms with Gasteiger partial charge in [-0.05, 0) is 12.1 Å². The van der Waals surface area contributed by atoms with Crippen molar-refractivity contribution in [3.8, 4) is 11.5 Å². The lowest BCUT2D eigenvalue weighted by Gasteiger charge is -2.11. The van der Waals surface area contributed by atoms with Gasteiger partial charge in [-0.25, -0.2) is 10.6 Å². The summed E-state index contributed by atoms with van der Waals surface area (Å²) in [5.74, 6) is 4.39. The van der Waals surface area contributed by atoms with Crippen molar-refractivity contribution in [2.45, 2.75) is 0 Å². The Hall–Kier alpha value is -2.80. The van der Waals surface area contributed by atoms with E-state index in [1.807, 2.05) is 5.43 Å². The van der Waals surface area contributed by atoms with E-state index in [9.17, 15) is 9.59 Å². The van der Waals surface area contributed by atoms with Crippen molar-refractivity contribution in [1.29, 1.82) is 0 Å². The molecule has 0 unspecified atom stereocenters. The van der Waals surface area contributed by atoms with Crippen LogP contribution in [0.15, 0.2) is 36.4 Å². The van der Waals surface area contributed by atoms with Crippen molar-refractivity contribution >= 4 is 22.6 Å². The van der Waals surface area contributed by atoms with Gasteiger partial charge in [-0.15, -0.1) is 0 Å². The number of rotatable bonds is 6. The molecular formula is C14H14N2O5. The number of hydrogen-bond acceptors (Lipinski definition) is 5. The van der Waals surface area contributed by atoms with Gasteiger partial charge in [0.05, 0.1) is 0 Å². The summed E-state index contributed by atoms with van der Waals surface area (Å²) in [5, 5.41) is 10.1. The molecule has 2 rings (SSSR count). The molecule has 0 aliphatic carbocycles. The Morgan fingerprint density at radius 3 is 2.00 bits per heavy atom. The normalized spacial score (nSPS) is 10.1. The minimum Gasteiger partial charge on any atom is -0.483 e. The number of carbonyl (C=O) groups excluding carboxylic acids is 1. The highest BCUT2D eigenvalue weighted by molar-refractivity contribution is 5.93. The molecular weight excluding hydrogens is 276 g/mol. The zero-order valence-electron chi connectivity index (χ0n) is 11.0. The minimum absolute atomic E-state index is 0.212. The van der Waals surface area contributed by atoms with E-state index in [0.29, 0.717) is 22.3 Å². The number of hydrazine groups is 1. The van der Waals surface area contributed by atoms with Crippen LogP contribution in [-0.4, -0.2) is 30.2 Å². The van der Waals surface area contributed by atoms with E-state index in [2.05, 4.69) is 0 Å². The third-order valence-electron chi connectivity index (χ3n) is 2.71. The Morgan fingerprint density at radius 1 is 1.00 bits per heavy atom. The van der Waals surface area contributed by atoms with E-state index in [4.69, 9.17) is 20.4 Å². The van der Waals surface area contributed by atoms with Gasteiger partial charge >= 0.3 is 5.97 Å². The highest BCUT2D eigenvalue weighted by atomic mass is 16.5. The number of amides is 1. The van der Waals surface area contributed by atoms with Gasteiger partial charge in [-0.1, -0.05) is 24.3 Å². The molecule has 0 atom stereocenters. The first-order valence-electron chi connectivity index (χ1n) is 6.10. The number of hydrogen-bond donors (Lipinski definition) is 3. The Morgan fingerprint density at radius 2 is 1.52 bits per heavy atom. The summed E-state index contributed by atoms with van der Waals surface area (Å²) < 4.78 is 10.6. The van der Waals surface area contributed by atoms with Crippen LogP contribution in [0.4, 0.5) is 0 Å². The average molecular weight is 290 g/mol. The Balaban J connectivity index is 2.30. The van der Waals surface area contributed by atoms with E-state index in [-0.39, 0.29) is 6.61 Å². The molecule has 7 nitrogen and oxygen atoms in total. The van der Waals surface area contributed by atoms with Crippen molar-refractivity contribution in [2.24, 2.45) is 5.84 Å². The number of benzene rings is 2. The predicted molar refractivity (Wildman–Crippen MR) is 74.9 cm³/mol. The smallest absolute Gasteiger partial charge is 0.341 e. The standard InChI is InChI=1S/C14H14N2O5/c15-16-13(17)7-20-11-5-1-4-10-9(11)3-2-6-12(10)21-8-14(18)19/h1-6H,7-8,15H2,(H,16,17)(H,18,19). The summed E-state index contributed by atoms with van der Waals surface area (Å²) in [6.45, 7) is -0.643. The first kappa shape index (κ1) is 14.6. The van der Waals surface area contributed by atoms with Crippen LogP contribution in [0.3, 0.4) is 0 Å². The van der Waals surface area contributed by atoms with E-state index in [1.54, 1.807) is 36.4 Å². The van der Waals surface area contributed by atoms with Crippen molar-refractivity contribution in [3.63, 3.8) is 0 Å². The summed E-state index contributed by atoms with van der Waals surface area (Å²) in [4.78, 5) is 21.7. The first-order valence-corrected chi connectivity index (χ1v) is 6.10. The van der Waals surface area contributed by atoms with Crippen LogP contribution < -0.4 is 20.7 Å². The summed E-state index contributed by atoms with van der Waals surface area (Å²) >= 11 is 0. The van der Waals surface area contributed by atoms with Gasteiger partial charge in [0.15, 0.2) is 13.2 Å². The van der Waals surface area contributed by atoms with Crippen molar-refractivity contribution in [3.05, 3.63) is 36.4 Å². The lowest BCUT2D eigenvalue weighted by molar-refractivity contribution is -0.139. The molecule has 0 saturated carbocycles. The zero-order chi connectivity index (χ0) is 15.2. The van der Waals surface area contributed by atoms with Gasteiger partial charge in [-0.2, -0.15) is 0 Å². The Labute approximate surface area is 120 Å². The molecule has 0 aliphatic rings. The van der Waals surface area contributed by atoms with Crippen LogP contribution >= 0.6 is 0 Å². The van der Waals surface area contributed by atoms with Crippen molar-refractivity contribution in [1.82, 2.24) is 5.43 Å². The highest BCUT2D eigenvalue weighted by Gasteiger charge is 2.09. The van der Waals surface area contributed by atoms with Crippen LogP contribution in [0.2, 0.25) is 0 Å². The van der Waals surface area contributed by atoms with E-state index in [1.165, 1.54) is 0 Å². The van der Waals surface area contributed by atoms with Crippen molar-refractivity contribution in [2.75, 3.05) is 13.2 Å². The Bertz CT molecular complexity index is 671. The highest BCUT2D eigenvalue weighted by Crippen LogP contribution is 2.32. The van der Waals surface area contributed by atoms with Gasteiger partial charge in [0.25, 0.3) is 5.91 Å². The van der Waals surface area contributed by atoms with Crippen LogP contribution in [0, 0.1) is 0 Å². The molecule has 0 bridgehead atoms. The second-order valence-electron chi connectivity index (χ2n) is 4.15. The van der Waals surface area contributed by atoms with Gasteiger partial charge in [0.1, 0.15) is 11.5 Å². The van der Waals surface area contributed by atoms with Gasteiger partial charge in [0.2, 0.25) is 0 Å². The number of aliphatic carboxylic acids is 1. The first-order chi connectivity index (χ1) is 10.1. The molecule has 0 radical (unpaired) electrons. The number of ether oxygens (including phenoxy) is 2. The largest absolute Gasteiger partial charge is 0.483 e. The summed E-state index contributed by atoms with van der Waals surface area (Å²) in [6, 6.07) is 10.4. The molecule has 1 amide bonds. The van der Waals surface area contributed by atoms with Crippen LogP contribution in [0.5, 0.6) is 11.5 Å². The molecule has 0 spiro atoms. The molecule has 0 heterocycles. The van der Waals surface area contributed by atoms with E-state index < -0.39 is 18.5 Å². The molecule has 0 aromatic heterocycles. The fraction of sp³-hybridized carbons (Fsp3) is 0.143. The second kappa shape index (κ2) is 6.58. The molecule has 0 fully saturated rings. The van der Waals surface area contributed by atoms with Crippen molar-refractivity contribution < 1.29 is 24.2 Å². The number of carboxylic acid groups (broad SMARTS) is 1. The predicted octanol–water partition coefficient (Wildman–Crippen LogP) is 0.672. The lowest BCUT2D eigenvalue weighted by Crippen LogP contribution is -2.34. The summed E-state index contributed by atoms with van der Waals surface area (Å²) in [5.41, 5.74) is 1.97. The quantitative estimate of drug-likeness (QED) is 0.410. The monoisotopic (exact) mass is 290 g/mol. The van der Waals surface area contributed by atoms with Gasteiger partial charge in [0, 0.05) is 10.8 Å². The number of fused-ring (bicyclic) bond motifs is 1. The van der Waals surface area contributed by atoms with Crippen LogP contribution in [0.1, 0.15) is 0 Å².